The third kappa shape index (κ3) is 3.49. The first kappa shape index (κ1) is 17.5. The van der Waals surface area contributed by atoms with Gasteiger partial charge in [-0.25, -0.2) is 9.97 Å². The molecule has 1 saturated heterocycles. The minimum absolute atomic E-state index is 0.339. The van der Waals surface area contributed by atoms with Crippen LogP contribution in [-0.2, 0) is 11.3 Å². The summed E-state index contributed by atoms with van der Waals surface area (Å²) in [5.74, 6) is 2.43. The van der Waals surface area contributed by atoms with Crippen LogP contribution in [0.15, 0.2) is 18.3 Å². The summed E-state index contributed by atoms with van der Waals surface area (Å²) in [7, 11) is 0. The number of aromatic nitrogens is 3. The lowest BCUT2D eigenvalue weighted by molar-refractivity contribution is -0.131. The summed E-state index contributed by atoms with van der Waals surface area (Å²) in [5.41, 5.74) is 1.96. The normalized spacial score (nSPS) is 21.6. The lowest BCUT2D eigenvalue weighted by Gasteiger charge is -2.24. The van der Waals surface area contributed by atoms with E-state index in [-0.39, 0.29) is 0 Å². The fourth-order valence-electron chi connectivity index (χ4n) is 4.70. The van der Waals surface area contributed by atoms with Gasteiger partial charge in [0.1, 0.15) is 11.3 Å². The van der Waals surface area contributed by atoms with Crippen LogP contribution in [0, 0.1) is 5.92 Å². The van der Waals surface area contributed by atoms with Gasteiger partial charge in [0.25, 0.3) is 0 Å². The van der Waals surface area contributed by atoms with Crippen molar-refractivity contribution in [3.05, 3.63) is 24.2 Å². The van der Waals surface area contributed by atoms with Gasteiger partial charge in [0.15, 0.2) is 5.65 Å². The summed E-state index contributed by atoms with van der Waals surface area (Å²) < 4.78 is 2.27. The van der Waals surface area contributed by atoms with E-state index < -0.39 is 0 Å². The Bertz CT molecular complexity index is 762. The second kappa shape index (κ2) is 7.77. The molecule has 0 bridgehead atoms. The highest BCUT2D eigenvalue weighted by molar-refractivity contribution is 5.77. The zero-order valence-electron chi connectivity index (χ0n) is 15.9. The highest BCUT2D eigenvalue weighted by Crippen LogP contribution is 2.31. The van der Waals surface area contributed by atoms with Crippen molar-refractivity contribution in [2.24, 2.45) is 5.92 Å². The van der Waals surface area contributed by atoms with Crippen molar-refractivity contribution >= 4 is 17.1 Å². The number of amides is 1. The van der Waals surface area contributed by atoms with Crippen molar-refractivity contribution in [1.29, 1.82) is 0 Å². The maximum Gasteiger partial charge on any atom is 0.222 e. The van der Waals surface area contributed by atoms with Gasteiger partial charge in [0, 0.05) is 38.2 Å². The Hall–Kier alpha value is -1.91. The molecule has 0 aromatic carbocycles. The summed E-state index contributed by atoms with van der Waals surface area (Å²) in [6.45, 7) is 4.82. The number of likely N-dealkylation sites (tertiary alicyclic amines) is 1. The molecule has 2 aromatic rings. The van der Waals surface area contributed by atoms with Crippen LogP contribution in [0.25, 0.3) is 11.2 Å². The smallest absolute Gasteiger partial charge is 0.222 e. The Labute approximate surface area is 155 Å². The van der Waals surface area contributed by atoms with Crippen molar-refractivity contribution < 1.29 is 4.79 Å². The molecule has 1 aliphatic carbocycles. The van der Waals surface area contributed by atoms with E-state index in [1.165, 1.54) is 32.1 Å². The Kier molecular flexibility index (Phi) is 5.23. The van der Waals surface area contributed by atoms with Crippen molar-refractivity contribution in [1.82, 2.24) is 19.4 Å². The Morgan fingerprint density at radius 1 is 1.23 bits per heavy atom. The fourth-order valence-corrected chi connectivity index (χ4v) is 4.70. The lowest BCUT2D eigenvalue weighted by atomic mass is 9.87. The molecular weight excluding hydrogens is 324 g/mol. The van der Waals surface area contributed by atoms with Crippen LogP contribution < -0.4 is 0 Å². The van der Waals surface area contributed by atoms with Crippen LogP contribution in [-0.4, -0.2) is 38.4 Å². The predicted molar refractivity (Wildman–Crippen MR) is 103 cm³/mol. The zero-order chi connectivity index (χ0) is 17.9. The highest BCUT2D eigenvalue weighted by Gasteiger charge is 2.32. The number of carbonyl (C=O) groups is 1. The van der Waals surface area contributed by atoms with Gasteiger partial charge in [-0.1, -0.05) is 26.2 Å². The van der Waals surface area contributed by atoms with E-state index in [1.807, 2.05) is 18.3 Å². The van der Waals surface area contributed by atoms with Gasteiger partial charge in [-0.2, -0.15) is 0 Å². The lowest BCUT2D eigenvalue weighted by Crippen LogP contribution is -2.30. The monoisotopic (exact) mass is 354 g/mol. The zero-order valence-corrected chi connectivity index (χ0v) is 15.9. The van der Waals surface area contributed by atoms with Crippen LogP contribution in [0.2, 0.25) is 0 Å². The molecular formula is C21H30N4O. The quantitative estimate of drug-likeness (QED) is 0.811. The standard InChI is InChI=1S/C21H30N4O/c1-2-12-25-20(23-18-9-6-11-22-21(18)25)17-10-13-24(15-17)19(26)14-16-7-4-3-5-8-16/h6,9,11,16-17H,2-5,7-8,10,12-15H2,1H3. The van der Waals surface area contributed by atoms with Crippen LogP contribution in [0.5, 0.6) is 0 Å². The second-order valence-corrected chi connectivity index (χ2v) is 8.00. The molecule has 4 rings (SSSR count). The molecule has 3 heterocycles. The van der Waals surface area contributed by atoms with Crippen LogP contribution in [0.3, 0.4) is 0 Å². The molecule has 5 nitrogen and oxygen atoms in total. The average Bonchev–Trinajstić information content (AvgIpc) is 3.28. The molecule has 26 heavy (non-hydrogen) atoms. The maximum absolute atomic E-state index is 12.8. The molecule has 1 amide bonds. The van der Waals surface area contributed by atoms with E-state index in [4.69, 9.17) is 4.98 Å². The van der Waals surface area contributed by atoms with E-state index in [9.17, 15) is 4.79 Å². The van der Waals surface area contributed by atoms with Crippen LogP contribution >= 0.6 is 0 Å². The Morgan fingerprint density at radius 3 is 2.88 bits per heavy atom. The van der Waals surface area contributed by atoms with E-state index in [2.05, 4.69) is 21.4 Å². The van der Waals surface area contributed by atoms with Gasteiger partial charge in [0.05, 0.1) is 0 Å². The highest BCUT2D eigenvalue weighted by atomic mass is 16.2. The minimum atomic E-state index is 0.339. The van der Waals surface area contributed by atoms with Gasteiger partial charge in [0.2, 0.25) is 5.91 Å². The van der Waals surface area contributed by atoms with Gasteiger partial charge < -0.3 is 9.47 Å². The molecule has 5 heteroatoms. The molecule has 0 radical (unpaired) electrons. The molecule has 0 N–H and O–H groups in total. The Balaban J connectivity index is 1.47. The minimum Gasteiger partial charge on any atom is -0.342 e. The first-order chi connectivity index (χ1) is 12.8. The molecule has 2 aliphatic rings. The number of hydrogen-bond donors (Lipinski definition) is 0. The van der Waals surface area contributed by atoms with E-state index >= 15 is 0 Å². The van der Waals surface area contributed by atoms with Crippen LogP contribution in [0.4, 0.5) is 0 Å². The van der Waals surface area contributed by atoms with Crippen molar-refractivity contribution in [2.45, 2.75) is 70.8 Å². The van der Waals surface area contributed by atoms with E-state index in [1.54, 1.807) is 0 Å². The van der Waals surface area contributed by atoms with Gasteiger partial charge in [-0.3, -0.25) is 4.79 Å². The summed E-state index contributed by atoms with van der Waals surface area (Å²) in [6.07, 6.45) is 11.1. The maximum atomic E-state index is 12.8. The molecule has 0 spiro atoms. The molecule has 1 unspecified atom stereocenters. The number of rotatable bonds is 5. The van der Waals surface area contributed by atoms with Crippen molar-refractivity contribution in [3.63, 3.8) is 0 Å². The largest absolute Gasteiger partial charge is 0.342 e. The third-order valence-electron chi connectivity index (χ3n) is 6.07. The summed E-state index contributed by atoms with van der Waals surface area (Å²) in [6, 6.07) is 3.99. The van der Waals surface area contributed by atoms with Gasteiger partial charge >= 0.3 is 0 Å². The second-order valence-electron chi connectivity index (χ2n) is 8.00. The average molecular weight is 354 g/mol. The summed E-state index contributed by atoms with van der Waals surface area (Å²) >= 11 is 0. The number of carbonyl (C=O) groups excluding carboxylic acids is 1. The molecule has 1 saturated carbocycles. The molecule has 2 aromatic heterocycles. The number of imidazole rings is 1. The van der Waals surface area contributed by atoms with E-state index in [0.29, 0.717) is 17.7 Å². The first-order valence-electron chi connectivity index (χ1n) is 10.3. The number of pyridine rings is 1. The van der Waals surface area contributed by atoms with E-state index in [0.717, 1.165) is 55.9 Å². The predicted octanol–water partition coefficient (Wildman–Crippen LogP) is 4.13. The molecule has 1 atom stereocenters. The SMILES string of the molecule is CCCn1c(C2CCN(C(=O)CC3CCCCC3)C2)nc2cccnc21. The molecule has 2 fully saturated rings. The van der Waals surface area contributed by atoms with Crippen LogP contribution in [0.1, 0.15) is 70.0 Å². The molecule has 140 valence electrons. The fraction of sp³-hybridized carbons (Fsp3) is 0.667. The Morgan fingerprint density at radius 2 is 2.08 bits per heavy atom. The van der Waals surface area contributed by atoms with Crippen molar-refractivity contribution in [3.8, 4) is 0 Å². The number of aryl methyl sites for hydroxylation is 1. The summed E-state index contributed by atoms with van der Waals surface area (Å²) in [5, 5.41) is 0. The molecule has 1 aliphatic heterocycles. The van der Waals surface area contributed by atoms with Gasteiger partial charge in [-0.15, -0.1) is 0 Å². The first-order valence-corrected chi connectivity index (χ1v) is 10.3. The number of hydrogen-bond acceptors (Lipinski definition) is 3. The number of nitrogens with zero attached hydrogens (tertiary/aromatic N) is 4. The third-order valence-corrected chi connectivity index (χ3v) is 6.07. The van der Waals surface area contributed by atoms with Crippen molar-refractivity contribution in [2.75, 3.05) is 13.1 Å². The summed E-state index contributed by atoms with van der Waals surface area (Å²) in [4.78, 5) is 24.3. The number of fused-ring (bicyclic) bond motifs is 1. The van der Waals surface area contributed by atoms with Gasteiger partial charge in [-0.05, 0) is 43.7 Å². The topological polar surface area (TPSA) is 51.0 Å².